The molecule has 0 amide bonds. The number of esters is 1. The lowest BCUT2D eigenvalue weighted by Crippen LogP contribution is -2.57. The van der Waals surface area contributed by atoms with Crippen LogP contribution < -0.4 is 5.32 Å². The number of rotatable bonds is 4. The molecule has 2 rings (SSSR count). The van der Waals surface area contributed by atoms with E-state index >= 15 is 0 Å². The zero-order valence-corrected chi connectivity index (χ0v) is 11.9. The van der Waals surface area contributed by atoms with Crippen molar-refractivity contribution in [3.63, 3.8) is 0 Å². The lowest BCUT2D eigenvalue weighted by atomic mass is 9.94. The molecule has 0 spiro atoms. The van der Waals surface area contributed by atoms with E-state index in [1.807, 2.05) is 6.92 Å². The number of nitrogens with one attached hydrogen (secondary N) is 1. The third kappa shape index (κ3) is 2.69. The van der Waals surface area contributed by atoms with E-state index in [-0.39, 0.29) is 5.97 Å². The molecule has 4 nitrogen and oxygen atoms in total. The number of hydrogen-bond acceptors (Lipinski definition) is 4. The molecule has 0 aromatic heterocycles. The molecule has 18 heavy (non-hydrogen) atoms. The summed E-state index contributed by atoms with van der Waals surface area (Å²) in [5, 5.41) is 3.62. The van der Waals surface area contributed by atoms with Gasteiger partial charge in [-0.25, -0.2) is 4.79 Å². The SMILES string of the molecule is CCOC(=O)C1(NC2CCCC2)CC(C)N(C)C1. The number of likely N-dealkylation sites (tertiary alicyclic amines) is 1. The zero-order valence-electron chi connectivity index (χ0n) is 11.9. The molecule has 104 valence electrons. The monoisotopic (exact) mass is 254 g/mol. The van der Waals surface area contributed by atoms with E-state index in [0.717, 1.165) is 13.0 Å². The number of ether oxygens (including phenoxy) is 1. The van der Waals surface area contributed by atoms with Crippen LogP contribution in [0.15, 0.2) is 0 Å². The minimum absolute atomic E-state index is 0.0619. The molecule has 2 aliphatic rings. The van der Waals surface area contributed by atoms with Gasteiger partial charge in [0, 0.05) is 18.6 Å². The molecule has 1 aliphatic heterocycles. The molecule has 2 fully saturated rings. The van der Waals surface area contributed by atoms with Crippen molar-refractivity contribution in [1.82, 2.24) is 10.2 Å². The van der Waals surface area contributed by atoms with Gasteiger partial charge in [-0.2, -0.15) is 0 Å². The third-order valence-electron chi connectivity index (χ3n) is 4.42. The number of hydrogen-bond donors (Lipinski definition) is 1. The minimum Gasteiger partial charge on any atom is -0.465 e. The van der Waals surface area contributed by atoms with E-state index in [4.69, 9.17) is 4.74 Å². The largest absolute Gasteiger partial charge is 0.465 e. The summed E-state index contributed by atoms with van der Waals surface area (Å²) in [7, 11) is 2.09. The quantitative estimate of drug-likeness (QED) is 0.773. The molecule has 1 N–H and O–H groups in total. The summed E-state index contributed by atoms with van der Waals surface area (Å²) >= 11 is 0. The molecule has 1 aliphatic carbocycles. The normalized spacial score (nSPS) is 34.1. The van der Waals surface area contributed by atoms with E-state index in [1.54, 1.807) is 0 Å². The van der Waals surface area contributed by atoms with Crippen LogP contribution in [-0.2, 0) is 9.53 Å². The Morgan fingerprint density at radius 1 is 1.44 bits per heavy atom. The van der Waals surface area contributed by atoms with Gasteiger partial charge in [0.15, 0.2) is 0 Å². The Morgan fingerprint density at radius 2 is 2.11 bits per heavy atom. The van der Waals surface area contributed by atoms with Crippen LogP contribution in [0.3, 0.4) is 0 Å². The van der Waals surface area contributed by atoms with Crippen molar-refractivity contribution in [3.8, 4) is 0 Å². The standard InChI is InChI=1S/C14H26N2O2/c1-4-18-13(17)14(9-11(2)16(3)10-14)15-12-7-5-6-8-12/h11-12,15H,4-10H2,1-3H3. The number of nitrogens with zero attached hydrogens (tertiary/aromatic N) is 1. The smallest absolute Gasteiger partial charge is 0.327 e. The van der Waals surface area contributed by atoms with Crippen molar-refractivity contribution in [1.29, 1.82) is 0 Å². The molecule has 2 atom stereocenters. The molecule has 4 heteroatoms. The first-order chi connectivity index (χ1) is 8.57. The maximum atomic E-state index is 12.3. The summed E-state index contributed by atoms with van der Waals surface area (Å²) in [4.78, 5) is 14.6. The Bertz CT molecular complexity index is 290. The molecule has 2 unspecified atom stereocenters. The summed E-state index contributed by atoms with van der Waals surface area (Å²) in [6.45, 7) is 5.29. The number of likely N-dealkylation sites (N-methyl/N-ethyl adjacent to an activating group) is 1. The van der Waals surface area contributed by atoms with Gasteiger partial charge >= 0.3 is 5.97 Å². The van der Waals surface area contributed by atoms with E-state index in [9.17, 15) is 4.79 Å². The second-order valence-corrected chi connectivity index (χ2v) is 5.90. The zero-order chi connectivity index (χ0) is 13.2. The van der Waals surface area contributed by atoms with Gasteiger partial charge in [0.1, 0.15) is 5.54 Å². The Labute approximate surface area is 110 Å². The van der Waals surface area contributed by atoms with Crippen LogP contribution in [0.1, 0.15) is 46.0 Å². The second kappa shape index (κ2) is 5.57. The Kier molecular flexibility index (Phi) is 4.28. The molecular weight excluding hydrogens is 228 g/mol. The van der Waals surface area contributed by atoms with E-state index in [1.165, 1.54) is 25.7 Å². The average Bonchev–Trinajstić information content (AvgIpc) is 2.90. The van der Waals surface area contributed by atoms with Crippen molar-refractivity contribution >= 4 is 5.97 Å². The maximum absolute atomic E-state index is 12.3. The van der Waals surface area contributed by atoms with Gasteiger partial charge in [0.2, 0.25) is 0 Å². The predicted molar refractivity (Wildman–Crippen MR) is 71.5 cm³/mol. The first kappa shape index (κ1) is 13.8. The third-order valence-corrected chi connectivity index (χ3v) is 4.42. The molecule has 0 aromatic rings. The highest BCUT2D eigenvalue weighted by atomic mass is 16.5. The van der Waals surface area contributed by atoms with Crippen molar-refractivity contribution in [2.45, 2.75) is 63.6 Å². The van der Waals surface area contributed by atoms with Gasteiger partial charge in [-0.05, 0) is 40.2 Å². The van der Waals surface area contributed by atoms with E-state index < -0.39 is 5.54 Å². The van der Waals surface area contributed by atoms with Crippen molar-refractivity contribution < 1.29 is 9.53 Å². The molecular formula is C14H26N2O2. The lowest BCUT2D eigenvalue weighted by Gasteiger charge is -2.31. The Hall–Kier alpha value is -0.610. The average molecular weight is 254 g/mol. The highest BCUT2D eigenvalue weighted by molar-refractivity contribution is 5.82. The van der Waals surface area contributed by atoms with E-state index in [0.29, 0.717) is 18.7 Å². The summed E-state index contributed by atoms with van der Waals surface area (Å²) in [5.41, 5.74) is -0.473. The topological polar surface area (TPSA) is 41.6 Å². The van der Waals surface area contributed by atoms with Crippen LogP contribution in [0.25, 0.3) is 0 Å². The van der Waals surface area contributed by atoms with Gasteiger partial charge in [-0.3, -0.25) is 5.32 Å². The minimum atomic E-state index is -0.473. The molecule has 1 heterocycles. The lowest BCUT2D eigenvalue weighted by molar-refractivity contribution is -0.151. The number of carbonyl (C=O) groups is 1. The fourth-order valence-electron chi connectivity index (χ4n) is 3.35. The highest BCUT2D eigenvalue weighted by Gasteiger charge is 2.49. The van der Waals surface area contributed by atoms with Crippen LogP contribution in [-0.4, -0.2) is 48.7 Å². The van der Waals surface area contributed by atoms with Crippen LogP contribution in [0, 0.1) is 0 Å². The molecule has 1 saturated heterocycles. The van der Waals surface area contributed by atoms with Crippen molar-refractivity contribution in [3.05, 3.63) is 0 Å². The Balaban J connectivity index is 2.09. The first-order valence-corrected chi connectivity index (χ1v) is 7.22. The Morgan fingerprint density at radius 3 is 2.61 bits per heavy atom. The van der Waals surface area contributed by atoms with Crippen LogP contribution in [0.4, 0.5) is 0 Å². The van der Waals surface area contributed by atoms with Crippen molar-refractivity contribution in [2.75, 3.05) is 20.2 Å². The fourth-order valence-corrected chi connectivity index (χ4v) is 3.35. The highest BCUT2D eigenvalue weighted by Crippen LogP contribution is 2.30. The van der Waals surface area contributed by atoms with Crippen LogP contribution in [0.5, 0.6) is 0 Å². The summed E-state index contributed by atoms with van der Waals surface area (Å²) in [6.07, 6.45) is 5.81. The van der Waals surface area contributed by atoms with Gasteiger partial charge in [-0.1, -0.05) is 12.8 Å². The van der Waals surface area contributed by atoms with E-state index in [2.05, 4.69) is 24.2 Å². The summed E-state index contributed by atoms with van der Waals surface area (Å²) in [5.74, 6) is -0.0619. The molecule has 1 saturated carbocycles. The number of carbonyl (C=O) groups excluding carboxylic acids is 1. The molecule has 0 bridgehead atoms. The van der Waals surface area contributed by atoms with Crippen molar-refractivity contribution in [2.24, 2.45) is 0 Å². The predicted octanol–water partition coefficient (Wildman–Crippen LogP) is 1.54. The summed E-state index contributed by atoms with van der Waals surface area (Å²) < 4.78 is 5.31. The molecule has 0 aromatic carbocycles. The van der Waals surface area contributed by atoms with Gasteiger partial charge < -0.3 is 9.64 Å². The first-order valence-electron chi connectivity index (χ1n) is 7.22. The molecule has 0 radical (unpaired) electrons. The van der Waals surface area contributed by atoms with Crippen LogP contribution in [0.2, 0.25) is 0 Å². The second-order valence-electron chi connectivity index (χ2n) is 5.90. The van der Waals surface area contributed by atoms with Gasteiger partial charge in [0.05, 0.1) is 6.61 Å². The van der Waals surface area contributed by atoms with Gasteiger partial charge in [-0.15, -0.1) is 0 Å². The summed E-state index contributed by atoms with van der Waals surface area (Å²) in [6, 6.07) is 0.927. The fraction of sp³-hybridized carbons (Fsp3) is 0.929. The van der Waals surface area contributed by atoms with Gasteiger partial charge in [0.25, 0.3) is 0 Å². The maximum Gasteiger partial charge on any atom is 0.327 e. The van der Waals surface area contributed by atoms with Crippen LogP contribution >= 0.6 is 0 Å².